The SMILES string of the molecule is N#C/C(C(=O)Nc1ccc(Oc2ccc(I)cc2)cc1)=C(/O)C1CC1. The summed E-state index contributed by atoms with van der Waals surface area (Å²) < 4.78 is 6.85. The number of aliphatic hydroxyl groups excluding tert-OH is 1. The molecule has 0 atom stereocenters. The van der Waals surface area contributed by atoms with E-state index < -0.39 is 5.91 Å². The van der Waals surface area contributed by atoms with Gasteiger partial charge in [-0.1, -0.05) is 0 Å². The fourth-order valence-corrected chi connectivity index (χ4v) is 2.58. The van der Waals surface area contributed by atoms with Crippen molar-refractivity contribution in [2.45, 2.75) is 12.8 Å². The van der Waals surface area contributed by atoms with Gasteiger partial charge in [-0.3, -0.25) is 4.79 Å². The molecule has 1 fully saturated rings. The van der Waals surface area contributed by atoms with Gasteiger partial charge in [0.2, 0.25) is 0 Å². The summed E-state index contributed by atoms with van der Waals surface area (Å²) in [6.07, 6.45) is 1.63. The first-order valence-electron chi connectivity index (χ1n) is 7.75. The number of nitrogens with zero attached hydrogens (tertiary/aromatic N) is 1. The van der Waals surface area contributed by atoms with Gasteiger partial charge in [-0.15, -0.1) is 0 Å². The van der Waals surface area contributed by atoms with Crippen LogP contribution in [0, 0.1) is 20.8 Å². The van der Waals surface area contributed by atoms with Gasteiger partial charge in [-0.2, -0.15) is 5.26 Å². The molecule has 1 aliphatic carbocycles. The highest BCUT2D eigenvalue weighted by molar-refractivity contribution is 14.1. The van der Waals surface area contributed by atoms with Gasteiger partial charge < -0.3 is 15.2 Å². The largest absolute Gasteiger partial charge is 0.510 e. The maximum absolute atomic E-state index is 12.1. The van der Waals surface area contributed by atoms with E-state index >= 15 is 0 Å². The van der Waals surface area contributed by atoms with Gasteiger partial charge in [0.15, 0.2) is 5.57 Å². The van der Waals surface area contributed by atoms with E-state index in [0.717, 1.165) is 22.2 Å². The van der Waals surface area contributed by atoms with Crippen molar-refractivity contribution in [1.29, 1.82) is 5.26 Å². The molecule has 2 N–H and O–H groups in total. The molecule has 1 saturated carbocycles. The van der Waals surface area contributed by atoms with Gasteiger partial charge in [0.05, 0.1) is 0 Å². The third kappa shape index (κ3) is 4.51. The molecule has 1 amide bonds. The van der Waals surface area contributed by atoms with Crippen LogP contribution in [0.1, 0.15) is 12.8 Å². The predicted molar refractivity (Wildman–Crippen MR) is 102 cm³/mol. The van der Waals surface area contributed by atoms with Crippen LogP contribution in [0.2, 0.25) is 0 Å². The quantitative estimate of drug-likeness (QED) is 0.300. The van der Waals surface area contributed by atoms with Crippen LogP contribution in [0.25, 0.3) is 0 Å². The zero-order chi connectivity index (χ0) is 17.8. The van der Waals surface area contributed by atoms with Crippen LogP contribution in [0.3, 0.4) is 0 Å². The first kappa shape index (κ1) is 17.3. The molecule has 1 aliphatic rings. The van der Waals surface area contributed by atoms with E-state index in [4.69, 9.17) is 10.00 Å². The number of nitriles is 1. The molecular weight excluding hydrogens is 431 g/mol. The summed E-state index contributed by atoms with van der Waals surface area (Å²) in [7, 11) is 0. The Morgan fingerprint density at radius 3 is 2.20 bits per heavy atom. The Bertz CT molecular complexity index is 848. The predicted octanol–water partition coefficient (Wildman–Crippen LogP) is 4.77. The number of hydrogen-bond acceptors (Lipinski definition) is 4. The summed E-state index contributed by atoms with van der Waals surface area (Å²) in [6, 6.07) is 16.3. The van der Waals surface area contributed by atoms with E-state index in [1.54, 1.807) is 30.3 Å². The van der Waals surface area contributed by atoms with Crippen molar-refractivity contribution in [2.75, 3.05) is 5.32 Å². The molecule has 0 unspecified atom stereocenters. The Morgan fingerprint density at radius 2 is 1.68 bits per heavy atom. The molecule has 6 heteroatoms. The van der Waals surface area contributed by atoms with E-state index in [9.17, 15) is 9.90 Å². The van der Waals surface area contributed by atoms with Crippen molar-refractivity contribution in [2.24, 2.45) is 5.92 Å². The first-order valence-corrected chi connectivity index (χ1v) is 8.83. The molecule has 2 aromatic rings. The second-order valence-corrected chi connectivity index (χ2v) is 6.93. The van der Waals surface area contributed by atoms with Crippen LogP contribution in [-0.2, 0) is 4.79 Å². The normalized spacial score (nSPS) is 14.2. The lowest BCUT2D eigenvalue weighted by Gasteiger charge is -2.08. The van der Waals surface area contributed by atoms with Crippen molar-refractivity contribution < 1.29 is 14.6 Å². The van der Waals surface area contributed by atoms with Crippen LogP contribution < -0.4 is 10.1 Å². The Hall–Kier alpha value is -2.53. The van der Waals surface area contributed by atoms with Gasteiger partial charge in [-0.05, 0) is 84.0 Å². The summed E-state index contributed by atoms with van der Waals surface area (Å²) in [5, 5.41) is 21.6. The molecule has 0 spiro atoms. The zero-order valence-electron chi connectivity index (χ0n) is 13.2. The molecule has 25 heavy (non-hydrogen) atoms. The average Bonchev–Trinajstić information content (AvgIpc) is 3.44. The molecule has 0 radical (unpaired) electrons. The van der Waals surface area contributed by atoms with Gasteiger partial charge in [0.1, 0.15) is 23.3 Å². The molecule has 0 aliphatic heterocycles. The summed E-state index contributed by atoms with van der Waals surface area (Å²) in [6.45, 7) is 0. The Morgan fingerprint density at radius 1 is 1.12 bits per heavy atom. The molecule has 0 heterocycles. The first-order chi connectivity index (χ1) is 12.1. The summed E-state index contributed by atoms with van der Waals surface area (Å²) in [5.41, 5.74) is 0.304. The number of carbonyl (C=O) groups is 1. The number of hydrogen-bond donors (Lipinski definition) is 2. The highest BCUT2D eigenvalue weighted by Crippen LogP contribution is 2.36. The topological polar surface area (TPSA) is 82.4 Å². The van der Waals surface area contributed by atoms with Crippen LogP contribution in [0.4, 0.5) is 5.69 Å². The number of nitrogens with one attached hydrogen (secondary N) is 1. The molecule has 0 saturated heterocycles. The van der Waals surface area contributed by atoms with Crippen molar-refractivity contribution in [3.05, 3.63) is 63.4 Å². The van der Waals surface area contributed by atoms with Crippen LogP contribution in [0.5, 0.6) is 11.5 Å². The number of anilines is 1. The fourth-order valence-electron chi connectivity index (χ4n) is 2.22. The molecule has 2 aromatic carbocycles. The molecule has 5 nitrogen and oxygen atoms in total. The summed E-state index contributed by atoms with van der Waals surface area (Å²) in [5.74, 6) is 0.597. The highest BCUT2D eigenvalue weighted by Gasteiger charge is 2.30. The summed E-state index contributed by atoms with van der Waals surface area (Å²) >= 11 is 2.22. The number of ether oxygens (including phenoxy) is 1. The zero-order valence-corrected chi connectivity index (χ0v) is 15.4. The minimum Gasteiger partial charge on any atom is -0.510 e. The van der Waals surface area contributed by atoms with Crippen molar-refractivity contribution in [3.8, 4) is 17.6 Å². The number of allylic oxidation sites excluding steroid dienone is 1. The Labute approximate surface area is 159 Å². The van der Waals surface area contributed by atoms with Crippen molar-refractivity contribution in [3.63, 3.8) is 0 Å². The molecule has 126 valence electrons. The van der Waals surface area contributed by atoms with E-state index in [0.29, 0.717) is 11.4 Å². The van der Waals surface area contributed by atoms with Crippen molar-refractivity contribution in [1.82, 2.24) is 0 Å². The molecule has 3 rings (SSSR count). The average molecular weight is 446 g/mol. The lowest BCUT2D eigenvalue weighted by atomic mass is 10.1. The number of carbonyl (C=O) groups excluding carboxylic acids is 1. The third-order valence-electron chi connectivity index (χ3n) is 3.72. The Kier molecular flexibility index (Phi) is 5.24. The van der Waals surface area contributed by atoms with E-state index in [-0.39, 0.29) is 17.3 Å². The summed E-state index contributed by atoms with van der Waals surface area (Å²) in [4.78, 5) is 12.1. The number of benzene rings is 2. The smallest absolute Gasteiger partial charge is 0.269 e. The van der Waals surface area contributed by atoms with Crippen molar-refractivity contribution >= 4 is 34.2 Å². The standard InChI is InChI=1S/C19H15IN2O3/c20-13-3-7-15(8-4-13)25-16-9-5-14(6-10-16)22-19(24)17(11-21)18(23)12-1-2-12/h3-10,12,23H,1-2H2,(H,22,24)/b18-17-. The second kappa shape index (κ2) is 7.57. The maximum atomic E-state index is 12.1. The number of rotatable bonds is 5. The maximum Gasteiger partial charge on any atom is 0.269 e. The van der Waals surface area contributed by atoms with Crippen LogP contribution in [0.15, 0.2) is 59.9 Å². The monoisotopic (exact) mass is 446 g/mol. The lowest BCUT2D eigenvalue weighted by molar-refractivity contribution is -0.112. The van der Waals surface area contributed by atoms with E-state index in [1.165, 1.54) is 0 Å². The van der Waals surface area contributed by atoms with E-state index in [2.05, 4.69) is 27.9 Å². The highest BCUT2D eigenvalue weighted by atomic mass is 127. The van der Waals surface area contributed by atoms with E-state index in [1.807, 2.05) is 24.3 Å². The number of halogens is 1. The van der Waals surface area contributed by atoms with Gasteiger partial charge >= 0.3 is 0 Å². The minimum absolute atomic E-state index is 0.0508. The minimum atomic E-state index is -0.599. The molecule has 0 bridgehead atoms. The fraction of sp³-hybridized carbons (Fsp3) is 0.158. The second-order valence-electron chi connectivity index (χ2n) is 5.68. The van der Waals surface area contributed by atoms with Crippen LogP contribution in [-0.4, -0.2) is 11.0 Å². The molecular formula is C19H15IN2O3. The van der Waals surface area contributed by atoms with Crippen LogP contribution >= 0.6 is 22.6 Å². The number of amides is 1. The Balaban J connectivity index is 1.66. The van der Waals surface area contributed by atoms with Gasteiger partial charge in [0.25, 0.3) is 5.91 Å². The number of aliphatic hydroxyl groups is 1. The lowest BCUT2D eigenvalue weighted by Crippen LogP contribution is -2.15. The van der Waals surface area contributed by atoms with Gasteiger partial charge in [0, 0.05) is 15.2 Å². The van der Waals surface area contributed by atoms with Gasteiger partial charge in [-0.25, -0.2) is 0 Å². The third-order valence-corrected chi connectivity index (χ3v) is 4.44. The molecule has 0 aromatic heterocycles.